The van der Waals surface area contributed by atoms with E-state index < -0.39 is 18.2 Å². The quantitative estimate of drug-likeness (QED) is 0.645. The third-order valence-electron chi connectivity index (χ3n) is 4.93. The number of carbonyl (C=O) groups is 2. The van der Waals surface area contributed by atoms with Crippen molar-refractivity contribution >= 4 is 23.7 Å². The number of aliphatic hydroxyl groups excluding tert-OH is 1. The van der Waals surface area contributed by atoms with Crippen LogP contribution in [0, 0.1) is 0 Å². The summed E-state index contributed by atoms with van der Waals surface area (Å²) in [7, 11) is 7.00. The van der Waals surface area contributed by atoms with Crippen LogP contribution in [0.1, 0.15) is 11.7 Å². The topological polar surface area (TPSA) is 91.5 Å². The Kier molecular flexibility index (Phi) is 5.76. The number of amides is 3. The Bertz CT molecular complexity index is 820. The molecular formula is C19H27N6O3+. The van der Waals surface area contributed by atoms with E-state index in [4.69, 9.17) is 0 Å². The van der Waals surface area contributed by atoms with E-state index in [0.29, 0.717) is 18.3 Å². The Hall–Kier alpha value is -2.78. The van der Waals surface area contributed by atoms with Crippen LogP contribution in [-0.4, -0.2) is 102 Å². The third kappa shape index (κ3) is 3.76. The van der Waals surface area contributed by atoms with Gasteiger partial charge in [-0.3, -0.25) is 19.9 Å². The second-order valence-electron chi connectivity index (χ2n) is 7.24. The number of guanidine groups is 1. The van der Waals surface area contributed by atoms with Gasteiger partial charge in [0.25, 0.3) is 5.91 Å². The summed E-state index contributed by atoms with van der Waals surface area (Å²) in [4.78, 5) is 34.2. The molecule has 2 atom stereocenters. The molecule has 150 valence electrons. The number of hydrogen-bond acceptors (Lipinski definition) is 6. The fourth-order valence-electron chi connectivity index (χ4n) is 3.29. The van der Waals surface area contributed by atoms with Gasteiger partial charge in [0.1, 0.15) is 6.10 Å². The van der Waals surface area contributed by atoms with Crippen LogP contribution in [0.5, 0.6) is 0 Å². The molecule has 1 saturated heterocycles. The van der Waals surface area contributed by atoms with E-state index in [9.17, 15) is 14.7 Å². The van der Waals surface area contributed by atoms with Crippen LogP contribution >= 0.6 is 0 Å². The van der Waals surface area contributed by atoms with Gasteiger partial charge in [-0.2, -0.15) is 0 Å². The van der Waals surface area contributed by atoms with Crippen molar-refractivity contribution < 1.29 is 19.3 Å². The molecule has 2 N–H and O–H groups in total. The lowest BCUT2D eigenvalue weighted by Gasteiger charge is -2.32. The Labute approximate surface area is 164 Å². The molecule has 28 heavy (non-hydrogen) atoms. The number of imide groups is 1. The third-order valence-corrected chi connectivity index (χ3v) is 4.93. The van der Waals surface area contributed by atoms with Gasteiger partial charge in [0, 0.05) is 20.6 Å². The molecule has 0 radical (unpaired) electrons. The Balaban J connectivity index is 1.91. The molecular weight excluding hydrogens is 360 g/mol. The first kappa shape index (κ1) is 20.0. The maximum absolute atomic E-state index is 12.8. The number of aliphatic imine (C=N–C) groups is 1. The fourth-order valence-corrected chi connectivity index (χ4v) is 3.29. The molecule has 1 aromatic rings. The van der Waals surface area contributed by atoms with Gasteiger partial charge in [0.15, 0.2) is 0 Å². The zero-order valence-electron chi connectivity index (χ0n) is 16.7. The zero-order chi connectivity index (χ0) is 20.4. The van der Waals surface area contributed by atoms with Gasteiger partial charge in [0.05, 0.1) is 13.1 Å². The predicted molar refractivity (Wildman–Crippen MR) is 105 cm³/mol. The van der Waals surface area contributed by atoms with Crippen LogP contribution in [-0.2, 0) is 4.79 Å². The van der Waals surface area contributed by atoms with Crippen molar-refractivity contribution in [2.24, 2.45) is 4.99 Å². The average Bonchev–Trinajstić information content (AvgIpc) is 3.03. The molecule has 0 saturated carbocycles. The van der Waals surface area contributed by atoms with Gasteiger partial charge < -0.3 is 10.0 Å². The number of β-amino-alcohol motifs (C(OH)–C–C–N with tert-alkyl or cyclic N) is 1. The number of rotatable bonds is 6. The van der Waals surface area contributed by atoms with Gasteiger partial charge in [-0.15, -0.1) is 0 Å². The number of urea groups is 1. The fraction of sp³-hybridized carbons (Fsp3) is 0.474. The second kappa shape index (κ2) is 8.07. The van der Waals surface area contributed by atoms with Crippen molar-refractivity contribution in [3.63, 3.8) is 0 Å². The number of aliphatic hydroxyl groups is 1. The molecule has 9 heteroatoms. The van der Waals surface area contributed by atoms with E-state index in [0.717, 1.165) is 17.0 Å². The minimum atomic E-state index is -0.803. The summed E-state index contributed by atoms with van der Waals surface area (Å²) < 4.78 is 1.74. The minimum absolute atomic E-state index is 0.174. The van der Waals surface area contributed by atoms with Gasteiger partial charge in [-0.05, 0) is 19.7 Å². The maximum atomic E-state index is 12.8. The molecule has 0 spiro atoms. The molecule has 2 heterocycles. The van der Waals surface area contributed by atoms with Crippen molar-refractivity contribution in [3.05, 3.63) is 35.9 Å². The Morgan fingerprint density at radius 1 is 1.21 bits per heavy atom. The largest absolute Gasteiger partial charge is 0.390 e. The van der Waals surface area contributed by atoms with Crippen LogP contribution < -0.4 is 5.32 Å². The molecule has 1 aromatic carbocycles. The van der Waals surface area contributed by atoms with Crippen LogP contribution in [0.4, 0.5) is 4.79 Å². The van der Waals surface area contributed by atoms with E-state index in [2.05, 4.69) is 10.3 Å². The Morgan fingerprint density at radius 2 is 1.89 bits per heavy atom. The van der Waals surface area contributed by atoms with Crippen LogP contribution in [0.25, 0.3) is 0 Å². The molecule has 2 aliphatic heterocycles. The molecule has 3 amide bonds. The lowest BCUT2D eigenvalue weighted by atomic mass is 10.1. The molecule has 1 fully saturated rings. The average molecular weight is 387 g/mol. The minimum Gasteiger partial charge on any atom is -0.385 e. The van der Waals surface area contributed by atoms with Crippen molar-refractivity contribution in [2.75, 3.05) is 47.8 Å². The van der Waals surface area contributed by atoms with E-state index in [-0.39, 0.29) is 12.5 Å². The highest BCUT2D eigenvalue weighted by Gasteiger charge is 2.51. The summed E-state index contributed by atoms with van der Waals surface area (Å²) in [6.07, 6.45) is -0.803. The predicted octanol–water partition coefficient (Wildman–Crippen LogP) is -0.456. The Morgan fingerprint density at radius 3 is 2.54 bits per heavy atom. The standard InChI is InChI=1S/C19H26N6O3/c1-22(2)11-10-20-18-21-16-15(17(27)24(4)19(28)23(16)3)25(18)12-14(26)13-8-6-5-7-9-13/h5-9,14-15,26H,10-12H2,1-4H3/p+1. The summed E-state index contributed by atoms with van der Waals surface area (Å²) in [5.41, 5.74) is 0.754. The second-order valence-corrected chi connectivity index (χ2v) is 7.24. The number of nitrogens with zero attached hydrogens (tertiary/aromatic N) is 5. The number of likely N-dealkylation sites (N-methyl/N-ethyl adjacent to an activating group) is 3. The van der Waals surface area contributed by atoms with Crippen molar-refractivity contribution in [2.45, 2.75) is 12.1 Å². The summed E-state index contributed by atoms with van der Waals surface area (Å²) >= 11 is 0. The highest BCUT2D eigenvalue weighted by molar-refractivity contribution is 6.22. The SMILES string of the molecule is CN(C)CCNC1=[N+](CC(O)c2ccccc2)C2C(=O)N(C)C(=O)N(C)C2=N1. The molecule has 0 aliphatic carbocycles. The molecule has 9 nitrogen and oxygen atoms in total. The van der Waals surface area contributed by atoms with Crippen molar-refractivity contribution in [3.8, 4) is 0 Å². The van der Waals surface area contributed by atoms with Gasteiger partial charge in [0.2, 0.25) is 11.9 Å². The lowest BCUT2D eigenvalue weighted by Crippen LogP contribution is -2.61. The van der Waals surface area contributed by atoms with Gasteiger partial charge in [-0.1, -0.05) is 35.3 Å². The lowest BCUT2D eigenvalue weighted by molar-refractivity contribution is -0.546. The molecule has 3 rings (SSSR count). The number of amidine groups is 1. The zero-order valence-corrected chi connectivity index (χ0v) is 16.7. The van der Waals surface area contributed by atoms with Crippen molar-refractivity contribution in [1.29, 1.82) is 0 Å². The summed E-state index contributed by atoms with van der Waals surface area (Å²) in [6, 6.07) is 8.12. The monoisotopic (exact) mass is 387 g/mol. The molecule has 0 bridgehead atoms. The molecule has 2 aliphatic rings. The van der Waals surface area contributed by atoms with E-state index in [1.807, 2.05) is 49.3 Å². The van der Waals surface area contributed by atoms with E-state index in [1.165, 1.54) is 11.9 Å². The van der Waals surface area contributed by atoms with Gasteiger partial charge in [-0.25, -0.2) is 9.37 Å². The van der Waals surface area contributed by atoms with Crippen LogP contribution in [0.2, 0.25) is 0 Å². The van der Waals surface area contributed by atoms with Crippen LogP contribution in [0.15, 0.2) is 35.3 Å². The molecule has 0 aromatic heterocycles. The number of fused-ring (bicyclic) bond motifs is 1. The first-order chi connectivity index (χ1) is 13.3. The smallest absolute Gasteiger partial charge is 0.385 e. The first-order valence-corrected chi connectivity index (χ1v) is 9.20. The van der Waals surface area contributed by atoms with Crippen molar-refractivity contribution in [1.82, 2.24) is 20.0 Å². The summed E-state index contributed by atoms with van der Waals surface area (Å²) in [5.74, 6) is 0.507. The summed E-state index contributed by atoms with van der Waals surface area (Å²) in [5, 5.41) is 14.0. The molecule has 2 unspecified atom stereocenters. The number of nitrogens with one attached hydrogen (secondary N) is 1. The maximum Gasteiger partial charge on any atom is 0.390 e. The van der Waals surface area contributed by atoms with Gasteiger partial charge >= 0.3 is 12.0 Å². The highest BCUT2D eigenvalue weighted by Crippen LogP contribution is 2.21. The number of hydrogen-bond donors (Lipinski definition) is 2. The van der Waals surface area contributed by atoms with E-state index >= 15 is 0 Å². The number of carbonyl (C=O) groups excluding carboxylic acids is 2. The van der Waals surface area contributed by atoms with E-state index in [1.54, 1.807) is 11.6 Å². The van der Waals surface area contributed by atoms with Crippen LogP contribution in [0.3, 0.4) is 0 Å². The number of benzene rings is 1. The summed E-state index contributed by atoms with van der Waals surface area (Å²) in [6.45, 7) is 1.57. The first-order valence-electron chi connectivity index (χ1n) is 9.20. The highest BCUT2D eigenvalue weighted by atomic mass is 16.3. The normalized spacial score (nSPS) is 20.6.